The first kappa shape index (κ1) is 20.4. The van der Waals surface area contributed by atoms with Crippen LogP contribution in [0, 0.1) is 11.8 Å². The Morgan fingerprint density at radius 3 is 2.50 bits per heavy atom. The van der Waals surface area contributed by atoms with E-state index in [0.717, 1.165) is 5.56 Å². The molecule has 1 aliphatic carbocycles. The highest BCUT2D eigenvalue weighted by Gasteiger charge is 2.42. The number of aromatic nitrogens is 2. The first-order valence-electron chi connectivity index (χ1n) is 9.20. The molecule has 1 fully saturated rings. The van der Waals surface area contributed by atoms with E-state index < -0.39 is 34.9 Å². The fourth-order valence-electron chi connectivity index (χ4n) is 3.35. The van der Waals surface area contributed by atoms with Gasteiger partial charge in [-0.05, 0) is 42.0 Å². The van der Waals surface area contributed by atoms with Gasteiger partial charge in [0.05, 0.1) is 0 Å². The highest BCUT2D eigenvalue weighted by atomic mass is 19.3. The highest BCUT2D eigenvalue weighted by Crippen LogP contribution is 2.35. The van der Waals surface area contributed by atoms with Crippen molar-refractivity contribution in [3.63, 3.8) is 0 Å². The second-order valence-electron chi connectivity index (χ2n) is 7.69. The molecule has 1 aliphatic rings. The van der Waals surface area contributed by atoms with E-state index in [1.807, 2.05) is 13.8 Å². The lowest BCUT2D eigenvalue weighted by atomic mass is 9.96. The smallest absolute Gasteiger partial charge is 0.289 e. The van der Waals surface area contributed by atoms with Crippen molar-refractivity contribution in [2.75, 3.05) is 0 Å². The maximum atomic E-state index is 14.5. The van der Waals surface area contributed by atoms with Gasteiger partial charge in [-0.1, -0.05) is 19.9 Å². The Morgan fingerprint density at radius 1 is 1.32 bits per heavy atom. The van der Waals surface area contributed by atoms with E-state index in [1.165, 1.54) is 24.1 Å². The zero-order chi connectivity index (χ0) is 20.8. The summed E-state index contributed by atoms with van der Waals surface area (Å²) >= 11 is 0. The molecule has 0 N–H and O–H groups in total. The molecule has 28 heavy (non-hydrogen) atoms. The number of hydrogen-bond acceptors (Lipinski definition) is 2. The second-order valence-corrected chi connectivity index (χ2v) is 7.69. The van der Waals surface area contributed by atoms with E-state index in [-0.39, 0.29) is 18.5 Å². The van der Waals surface area contributed by atoms with Crippen LogP contribution in [0.4, 0.5) is 17.6 Å². The van der Waals surface area contributed by atoms with Gasteiger partial charge in [-0.15, -0.1) is 0 Å². The predicted octanol–water partition coefficient (Wildman–Crippen LogP) is 4.74. The lowest BCUT2D eigenvalue weighted by Crippen LogP contribution is -2.34. The zero-order valence-electron chi connectivity index (χ0n) is 16.3. The van der Waals surface area contributed by atoms with Crippen LogP contribution in [0.5, 0.6) is 0 Å². The molecule has 8 heteroatoms. The zero-order valence-corrected chi connectivity index (χ0v) is 16.3. The Kier molecular flexibility index (Phi) is 5.25. The molecule has 1 saturated carbocycles. The van der Waals surface area contributed by atoms with Crippen LogP contribution in [0.15, 0.2) is 18.2 Å². The maximum absolute atomic E-state index is 14.5. The van der Waals surface area contributed by atoms with Crippen molar-refractivity contribution in [2.24, 2.45) is 7.05 Å². The topological polar surface area (TPSA) is 38.1 Å². The minimum absolute atomic E-state index is 0.0256. The molecule has 1 aromatic carbocycles. The summed E-state index contributed by atoms with van der Waals surface area (Å²) in [5, 5.41) is 3.52. The summed E-state index contributed by atoms with van der Waals surface area (Å²) < 4.78 is 56.8. The molecule has 4 nitrogen and oxygen atoms in total. The van der Waals surface area contributed by atoms with E-state index in [1.54, 1.807) is 6.07 Å². The van der Waals surface area contributed by atoms with Gasteiger partial charge >= 0.3 is 0 Å². The number of alkyl halides is 2. The number of carbonyl (C=O) groups is 1. The number of halogens is 4. The first-order valence-corrected chi connectivity index (χ1v) is 9.20. The summed E-state index contributed by atoms with van der Waals surface area (Å²) in [5.74, 6) is -5.78. The van der Waals surface area contributed by atoms with Crippen molar-refractivity contribution >= 4 is 5.91 Å². The molecule has 0 unspecified atom stereocenters. The number of hydrogen-bond donors (Lipinski definition) is 0. The van der Waals surface area contributed by atoms with Gasteiger partial charge in [-0.2, -0.15) is 18.3 Å². The van der Waals surface area contributed by atoms with Crippen molar-refractivity contribution in [2.45, 2.75) is 58.0 Å². The Hall–Kier alpha value is -2.38. The van der Waals surface area contributed by atoms with Crippen LogP contribution in [-0.4, -0.2) is 26.6 Å². The summed E-state index contributed by atoms with van der Waals surface area (Å²) in [5.41, 5.74) is -0.159. The molecule has 0 saturated heterocycles. The molecule has 0 spiro atoms. The number of rotatable bonds is 6. The molecule has 0 aliphatic heterocycles. The van der Waals surface area contributed by atoms with Gasteiger partial charge in [0.2, 0.25) is 5.95 Å². The van der Waals surface area contributed by atoms with Gasteiger partial charge in [-0.3, -0.25) is 4.79 Å². The SMILES string of the molecule is CC(C)c1ccc(F)cc1CN(C(=O)c1c(C(C)(F)F)nn(C)c1F)C1CC1. The highest BCUT2D eigenvalue weighted by molar-refractivity contribution is 5.96. The van der Waals surface area contributed by atoms with Crippen LogP contribution in [0.1, 0.15) is 66.7 Å². The standard InChI is InChI=1S/C20H23F4N3O/c1-11(2)15-8-5-13(21)9-12(15)10-27(14-6-7-14)19(28)16-17(20(3,23)24)25-26(4)18(16)22/h5,8-9,11,14H,6-7,10H2,1-4H3. The molecule has 1 aromatic heterocycles. The number of carbonyl (C=O) groups excluding carboxylic acids is 1. The number of benzene rings is 1. The lowest BCUT2D eigenvalue weighted by molar-refractivity contribution is 0.0105. The summed E-state index contributed by atoms with van der Waals surface area (Å²) in [6.45, 7) is 4.49. The van der Waals surface area contributed by atoms with E-state index in [0.29, 0.717) is 30.0 Å². The van der Waals surface area contributed by atoms with Crippen LogP contribution >= 0.6 is 0 Å². The molecular formula is C20H23F4N3O. The Morgan fingerprint density at radius 2 is 1.96 bits per heavy atom. The largest absolute Gasteiger partial charge is 0.331 e. The minimum atomic E-state index is -3.47. The molecule has 2 aromatic rings. The molecule has 0 bridgehead atoms. The third-order valence-corrected chi connectivity index (χ3v) is 4.92. The molecule has 3 rings (SSSR count). The minimum Gasteiger partial charge on any atom is -0.331 e. The number of nitrogens with zero attached hydrogens (tertiary/aromatic N) is 3. The fraction of sp³-hybridized carbons (Fsp3) is 0.500. The van der Waals surface area contributed by atoms with Crippen molar-refractivity contribution in [1.29, 1.82) is 0 Å². The predicted molar refractivity (Wildman–Crippen MR) is 96.1 cm³/mol. The van der Waals surface area contributed by atoms with Crippen LogP contribution < -0.4 is 0 Å². The fourth-order valence-corrected chi connectivity index (χ4v) is 3.35. The number of amides is 1. The van der Waals surface area contributed by atoms with Gasteiger partial charge in [-0.25, -0.2) is 9.07 Å². The molecular weight excluding hydrogens is 374 g/mol. The third kappa shape index (κ3) is 3.91. The average Bonchev–Trinajstić information content (AvgIpc) is 3.37. The summed E-state index contributed by atoms with van der Waals surface area (Å²) in [6, 6.07) is 4.15. The van der Waals surface area contributed by atoms with E-state index >= 15 is 0 Å². The maximum Gasteiger partial charge on any atom is 0.289 e. The Bertz CT molecular complexity index is 898. The lowest BCUT2D eigenvalue weighted by Gasteiger charge is -2.25. The van der Waals surface area contributed by atoms with Crippen molar-refractivity contribution in [3.05, 3.63) is 52.3 Å². The van der Waals surface area contributed by atoms with Gasteiger partial charge in [0.1, 0.15) is 17.1 Å². The molecule has 1 amide bonds. The van der Waals surface area contributed by atoms with Crippen molar-refractivity contribution in [3.8, 4) is 0 Å². The second kappa shape index (κ2) is 7.22. The van der Waals surface area contributed by atoms with E-state index in [9.17, 15) is 22.4 Å². The van der Waals surface area contributed by atoms with E-state index in [2.05, 4.69) is 5.10 Å². The Balaban J connectivity index is 2.02. The molecule has 0 atom stereocenters. The Labute approximate surface area is 161 Å². The van der Waals surface area contributed by atoms with Gasteiger partial charge in [0.25, 0.3) is 11.8 Å². The molecule has 0 radical (unpaired) electrons. The molecule has 1 heterocycles. The van der Waals surface area contributed by atoms with Crippen LogP contribution in [0.2, 0.25) is 0 Å². The summed E-state index contributed by atoms with van der Waals surface area (Å²) in [4.78, 5) is 14.5. The van der Waals surface area contributed by atoms with Crippen molar-refractivity contribution < 1.29 is 22.4 Å². The van der Waals surface area contributed by atoms with Gasteiger partial charge < -0.3 is 4.90 Å². The summed E-state index contributed by atoms with van der Waals surface area (Å²) in [6.07, 6.45) is 1.38. The van der Waals surface area contributed by atoms with E-state index in [4.69, 9.17) is 0 Å². The van der Waals surface area contributed by atoms with Gasteiger partial charge in [0, 0.05) is 26.6 Å². The average molecular weight is 397 g/mol. The van der Waals surface area contributed by atoms with Crippen LogP contribution in [-0.2, 0) is 19.5 Å². The van der Waals surface area contributed by atoms with Crippen molar-refractivity contribution in [1.82, 2.24) is 14.7 Å². The van der Waals surface area contributed by atoms with Gasteiger partial charge in [0.15, 0.2) is 0 Å². The monoisotopic (exact) mass is 397 g/mol. The van der Waals surface area contributed by atoms with Crippen LogP contribution in [0.25, 0.3) is 0 Å². The summed E-state index contributed by atoms with van der Waals surface area (Å²) in [7, 11) is 1.17. The number of aryl methyl sites for hydroxylation is 1. The van der Waals surface area contributed by atoms with Crippen LogP contribution in [0.3, 0.4) is 0 Å². The normalized spacial score (nSPS) is 14.6. The molecule has 152 valence electrons. The third-order valence-electron chi connectivity index (χ3n) is 4.92. The first-order chi connectivity index (χ1) is 13.0. The quantitative estimate of drug-likeness (QED) is 0.661.